The maximum atomic E-state index is 5.41. The fraction of sp³-hybridized carbons (Fsp3) is 0.357. The van der Waals surface area contributed by atoms with Gasteiger partial charge in [0.25, 0.3) is 0 Å². The number of benzene rings is 4. The van der Waals surface area contributed by atoms with Gasteiger partial charge in [0, 0.05) is 67.5 Å². The number of amidine groups is 12. The van der Waals surface area contributed by atoms with Crippen LogP contribution in [0.1, 0.15) is 66.8 Å². The van der Waals surface area contributed by atoms with Crippen LogP contribution in [0.3, 0.4) is 0 Å². The Morgan fingerprint density at radius 3 is 0.618 bits per heavy atom. The lowest BCUT2D eigenvalue weighted by Crippen LogP contribution is -2.26. The maximum absolute atomic E-state index is 5.41. The number of fused-ring (bicyclic) bond motifs is 16. The molecule has 0 N–H and O–H groups in total. The van der Waals surface area contributed by atoms with Crippen LogP contribution in [0, 0.1) is 0 Å². The second-order valence-corrected chi connectivity index (χ2v) is 24.2. The average Bonchev–Trinajstić information content (AvgIpc) is 4.10. The van der Waals surface area contributed by atoms with Gasteiger partial charge in [0.1, 0.15) is 0 Å². The van der Waals surface area contributed by atoms with Gasteiger partial charge in [-0.3, -0.25) is 37.9 Å². The van der Waals surface area contributed by atoms with Crippen LogP contribution in [0.5, 0.6) is 0 Å². The lowest BCUT2D eigenvalue weighted by molar-refractivity contribution is -0.466. The Morgan fingerprint density at radius 2 is 0.461 bits per heavy atom. The smallest absolute Gasteiger partial charge is 0.262 e. The Bertz CT molecular complexity index is 3460. The van der Waals surface area contributed by atoms with Crippen LogP contribution in [0.15, 0.2) is 113 Å². The molecular formula is C56H68N16S4+4. The van der Waals surface area contributed by atoms with Crippen molar-refractivity contribution in [3.05, 3.63) is 140 Å². The molecule has 0 radical (unpaired) electrons. The first-order valence-electron chi connectivity index (χ1n) is 24.9. The highest BCUT2D eigenvalue weighted by Crippen LogP contribution is 2.33. The lowest BCUT2D eigenvalue weighted by atomic mass is 10.0. The molecule has 0 fully saturated rings. The molecule has 20 heteroatoms. The van der Waals surface area contributed by atoms with Gasteiger partial charge in [-0.15, -0.1) is 0 Å². The molecule has 392 valence electrons. The zero-order chi connectivity index (χ0) is 54.3. The predicted octanol–water partition coefficient (Wildman–Crippen LogP) is 6.52. The third kappa shape index (κ3) is 11.5. The summed E-state index contributed by atoms with van der Waals surface area (Å²) in [7, 11) is 33.2. The Kier molecular flexibility index (Phi) is 16.2. The zero-order valence-electron chi connectivity index (χ0n) is 46.5. The molecule has 0 aromatic heterocycles. The minimum Gasteiger partial charge on any atom is -0.262 e. The Morgan fingerprint density at radius 1 is 0.289 bits per heavy atom. The van der Waals surface area contributed by atoms with Gasteiger partial charge < -0.3 is 0 Å². The average molecular weight is 1090 g/mol. The van der Waals surface area contributed by atoms with E-state index in [1.165, 1.54) is 0 Å². The van der Waals surface area contributed by atoms with Gasteiger partial charge in [-0.25, -0.2) is 39.9 Å². The lowest BCUT2D eigenvalue weighted by Gasteiger charge is -2.11. The van der Waals surface area contributed by atoms with E-state index in [9.17, 15) is 0 Å². The summed E-state index contributed by atoms with van der Waals surface area (Å²) in [6.45, 7) is 0. The van der Waals surface area contributed by atoms with Crippen LogP contribution in [0.2, 0.25) is 0 Å². The normalized spacial score (nSPS) is 14.3. The largest absolute Gasteiger partial charge is 0.307 e. The van der Waals surface area contributed by atoms with Crippen LogP contribution in [-0.4, -0.2) is 218 Å². The fourth-order valence-electron chi connectivity index (χ4n) is 9.44. The minimum absolute atomic E-state index is 0.525. The summed E-state index contributed by atoms with van der Waals surface area (Å²) in [5.41, 5.74) is 11.5. The molecule has 9 rings (SSSR count). The molecule has 4 aromatic carbocycles. The number of nitrogens with zero attached hydrogens (tertiary/aromatic N) is 16. The van der Waals surface area contributed by atoms with Gasteiger partial charge in [0.05, 0.1) is 113 Å². The first-order chi connectivity index (χ1) is 36.2. The summed E-state index contributed by atoms with van der Waals surface area (Å²) in [6, 6.07) is 25.9. The summed E-state index contributed by atoms with van der Waals surface area (Å²) < 4.78 is 8.57. The van der Waals surface area contributed by atoms with Crippen LogP contribution >= 0.6 is 47.0 Å². The first kappa shape index (κ1) is 54.3. The molecule has 0 spiro atoms. The van der Waals surface area contributed by atoms with E-state index in [0.29, 0.717) is 46.7 Å². The van der Waals surface area contributed by atoms with Crippen molar-refractivity contribution in [1.29, 1.82) is 0 Å². The first-order valence-corrected chi connectivity index (χ1v) is 28.8. The summed E-state index contributed by atoms with van der Waals surface area (Å²) in [6.07, 6.45) is 0. The molecule has 0 saturated carbocycles. The SMILES string of the molecule is CN(C)C(SCc1ccc2c(c1)C1=NC2=NC2=NC(=NC3=NC(=NC4=NC(=N1)c1ccc(CSC(N(C)C)=[N+](C)C)cc14)c1ccc(CSC(N(C)C)=[N+](C)C)cc13)c1cc(CSC(N(C)C)=[N+](C)C)ccc12)=[N+](C)C. The van der Waals surface area contributed by atoms with E-state index < -0.39 is 0 Å². The van der Waals surface area contributed by atoms with Gasteiger partial charge in [-0.05, 0) is 93.6 Å². The quantitative estimate of drug-likeness (QED) is 0.111. The van der Waals surface area contributed by atoms with E-state index >= 15 is 0 Å². The van der Waals surface area contributed by atoms with Crippen molar-refractivity contribution in [3.63, 3.8) is 0 Å². The molecule has 5 heterocycles. The zero-order valence-corrected chi connectivity index (χ0v) is 49.8. The van der Waals surface area contributed by atoms with Gasteiger partial charge in [0.2, 0.25) is 0 Å². The molecule has 0 amide bonds. The van der Waals surface area contributed by atoms with Crippen molar-refractivity contribution in [2.75, 3.05) is 113 Å². The molecule has 8 bridgehead atoms. The standard InChI is InChI=1S/C56H68N16S4/c1-65(2)53(66(3)4)73-29-33-17-21-37-41(25-33)49-58-45(37)57-46-38-22-18-35(31-75-55(69(9)10)70(11)12)27-43(38)51(59-46)64-52-44-28-36(32-76-56(71(13)14)72(15)16)20-24-40(44)48(63-52)62-50-42-26-34(19-23-39(42)47(60-49)61-50)30-74-54(67(5)6)68(7)8/h17-28H,29-32H2,1-16H3/q+4. The molecule has 76 heavy (non-hydrogen) atoms. The summed E-state index contributed by atoms with van der Waals surface area (Å²) in [4.78, 5) is 51.1. The third-order valence-electron chi connectivity index (χ3n) is 12.5. The van der Waals surface area contributed by atoms with Crippen molar-refractivity contribution >= 4 is 114 Å². The molecule has 0 aliphatic carbocycles. The highest BCUT2D eigenvalue weighted by molar-refractivity contribution is 8.13. The van der Waals surface area contributed by atoms with Gasteiger partial charge in [0.15, 0.2) is 46.7 Å². The summed E-state index contributed by atoms with van der Waals surface area (Å²) in [5, 5.41) is 4.61. The van der Waals surface area contributed by atoms with Crippen LogP contribution in [-0.2, 0) is 23.0 Å². The number of thioether (sulfide) groups is 4. The molecule has 5 aliphatic rings. The van der Waals surface area contributed by atoms with Gasteiger partial charge in [-0.2, -0.15) is 0 Å². The van der Waals surface area contributed by atoms with Gasteiger partial charge in [-0.1, -0.05) is 48.5 Å². The highest BCUT2D eigenvalue weighted by atomic mass is 32.2. The van der Waals surface area contributed by atoms with E-state index in [4.69, 9.17) is 39.9 Å². The second kappa shape index (κ2) is 22.6. The molecule has 4 aromatic rings. The third-order valence-corrected chi connectivity index (χ3v) is 18.4. The monoisotopic (exact) mass is 1090 g/mol. The van der Waals surface area contributed by atoms with Crippen LogP contribution in [0.25, 0.3) is 0 Å². The minimum atomic E-state index is 0.525. The molecule has 0 saturated heterocycles. The van der Waals surface area contributed by atoms with Crippen molar-refractivity contribution < 1.29 is 18.3 Å². The molecular weight excluding hydrogens is 1020 g/mol. The maximum Gasteiger partial charge on any atom is 0.307 e. The van der Waals surface area contributed by atoms with Crippen LogP contribution in [0.4, 0.5) is 0 Å². The predicted molar refractivity (Wildman–Crippen MR) is 326 cm³/mol. The van der Waals surface area contributed by atoms with E-state index in [1.54, 1.807) is 47.0 Å². The van der Waals surface area contributed by atoms with Crippen molar-refractivity contribution in [2.45, 2.75) is 23.0 Å². The Labute approximate surface area is 464 Å². The molecule has 5 aliphatic heterocycles. The van der Waals surface area contributed by atoms with E-state index in [2.05, 4.69) is 223 Å². The summed E-state index contributed by atoms with van der Waals surface area (Å²) >= 11 is 7.13. The number of hydrogen-bond donors (Lipinski definition) is 0. The van der Waals surface area contributed by atoms with Gasteiger partial charge >= 0.3 is 20.7 Å². The Balaban J connectivity index is 1.24. The number of rotatable bonds is 8. The van der Waals surface area contributed by atoms with Crippen LogP contribution < -0.4 is 0 Å². The number of hydrogen-bond acceptors (Lipinski definition) is 12. The van der Waals surface area contributed by atoms with E-state index in [1.807, 2.05) is 0 Å². The number of aliphatic imine (C=N–C) groups is 8. The van der Waals surface area contributed by atoms with Crippen molar-refractivity contribution in [1.82, 2.24) is 19.6 Å². The second-order valence-electron chi connectivity index (χ2n) is 20.4. The van der Waals surface area contributed by atoms with E-state index in [-0.39, 0.29) is 0 Å². The fourth-order valence-corrected chi connectivity index (χ4v) is 13.4. The van der Waals surface area contributed by atoms with Crippen molar-refractivity contribution in [2.24, 2.45) is 39.9 Å². The molecule has 16 nitrogen and oxygen atoms in total. The molecule has 0 atom stereocenters. The van der Waals surface area contributed by atoms with E-state index in [0.717, 1.165) is 110 Å². The Hall–Kier alpha value is -6.48. The summed E-state index contributed by atoms with van der Waals surface area (Å²) in [5.74, 6) is 7.20. The topological polar surface area (TPSA) is 124 Å². The molecule has 0 unspecified atom stereocenters. The van der Waals surface area contributed by atoms with Crippen molar-refractivity contribution in [3.8, 4) is 0 Å². The highest BCUT2D eigenvalue weighted by Gasteiger charge is 2.33.